The monoisotopic (exact) mass is 538 g/mol. The van der Waals surface area contributed by atoms with E-state index in [0.717, 1.165) is 41.9 Å². The molecule has 1 fully saturated rings. The van der Waals surface area contributed by atoms with Crippen molar-refractivity contribution in [3.8, 4) is 0 Å². The lowest BCUT2D eigenvalue weighted by molar-refractivity contribution is -0.147. The minimum atomic E-state index is -4.65. The van der Waals surface area contributed by atoms with Gasteiger partial charge in [0, 0.05) is 43.9 Å². The highest BCUT2D eigenvalue weighted by molar-refractivity contribution is 6.10. The lowest BCUT2D eigenvalue weighted by atomic mass is 9.80. The minimum Gasteiger partial charge on any atom is -0.353 e. The van der Waals surface area contributed by atoms with Crippen LogP contribution in [-0.2, 0) is 9.59 Å². The average Bonchev–Trinajstić information content (AvgIpc) is 3.52. The number of rotatable bonds is 9. The summed E-state index contributed by atoms with van der Waals surface area (Å²) in [6, 6.07) is -0.530. The van der Waals surface area contributed by atoms with E-state index >= 15 is 0 Å². The third-order valence-electron chi connectivity index (χ3n) is 7.23. The van der Waals surface area contributed by atoms with Crippen molar-refractivity contribution in [1.29, 1.82) is 5.41 Å². The van der Waals surface area contributed by atoms with Crippen LogP contribution in [0.25, 0.3) is 5.65 Å². The number of Topliss-reactive ketones (excluding diaryl/α,β-unsaturated/α-hetero) is 1. The van der Waals surface area contributed by atoms with E-state index < -0.39 is 42.2 Å². The first-order chi connectivity index (χ1) is 17.9. The van der Waals surface area contributed by atoms with Crippen LogP contribution in [0.2, 0.25) is 0 Å². The number of nitrogens with one attached hydrogen (secondary N) is 2. The van der Waals surface area contributed by atoms with Crippen LogP contribution in [0.1, 0.15) is 44.7 Å². The van der Waals surface area contributed by atoms with E-state index in [0.29, 0.717) is 36.9 Å². The molecule has 2 aromatic rings. The maximum absolute atomic E-state index is 14.1. The molecule has 204 valence electrons. The first-order valence-corrected chi connectivity index (χ1v) is 12.2. The third kappa shape index (κ3) is 5.76. The van der Waals surface area contributed by atoms with Crippen LogP contribution in [-0.4, -0.2) is 63.3 Å². The van der Waals surface area contributed by atoms with Crippen LogP contribution in [0, 0.1) is 28.4 Å². The molecule has 0 aromatic carbocycles. The van der Waals surface area contributed by atoms with Crippen molar-refractivity contribution in [2.24, 2.45) is 16.4 Å². The number of hydrogen-bond acceptors (Lipinski definition) is 6. The number of hydrazone groups is 1. The molecule has 8 nitrogen and oxygen atoms in total. The highest BCUT2D eigenvalue weighted by Gasteiger charge is 2.42. The van der Waals surface area contributed by atoms with Crippen LogP contribution in [0.4, 0.5) is 22.0 Å². The molecule has 1 aliphatic carbocycles. The minimum absolute atomic E-state index is 0.0235. The van der Waals surface area contributed by atoms with E-state index in [4.69, 9.17) is 5.41 Å². The molecule has 1 amide bonds. The van der Waals surface area contributed by atoms with Gasteiger partial charge in [-0.15, -0.1) is 0 Å². The Hall–Kier alpha value is -3.64. The molecule has 2 aliphatic rings. The van der Waals surface area contributed by atoms with Gasteiger partial charge in [0.25, 0.3) is 0 Å². The van der Waals surface area contributed by atoms with Crippen LogP contribution >= 0.6 is 0 Å². The van der Waals surface area contributed by atoms with Gasteiger partial charge < -0.3 is 10.7 Å². The SMILES string of the molecule is CCC1(CCNC(=O)/C=C/C2C(C=N)C(c3cnc4c(F)cc(F)cn34)=NN2CC(F)(F)F)CCC(=O)C1. The number of pyridine rings is 1. The molecule has 13 heteroatoms. The summed E-state index contributed by atoms with van der Waals surface area (Å²) in [5.74, 6) is -3.28. The number of carbonyl (C=O) groups excluding carboxylic acids is 2. The number of ketones is 1. The van der Waals surface area contributed by atoms with Crippen molar-refractivity contribution in [3.63, 3.8) is 0 Å². The second-order valence-corrected chi connectivity index (χ2v) is 9.69. The van der Waals surface area contributed by atoms with Crippen molar-refractivity contribution in [3.05, 3.63) is 47.9 Å². The van der Waals surface area contributed by atoms with Gasteiger partial charge in [-0.2, -0.15) is 18.3 Å². The molecule has 1 saturated carbocycles. The predicted octanol–water partition coefficient (Wildman–Crippen LogP) is 4.04. The third-order valence-corrected chi connectivity index (χ3v) is 7.23. The summed E-state index contributed by atoms with van der Waals surface area (Å²) in [5.41, 5.74) is -0.422. The lowest BCUT2D eigenvalue weighted by Crippen LogP contribution is -2.38. The fourth-order valence-corrected chi connectivity index (χ4v) is 5.15. The second-order valence-electron chi connectivity index (χ2n) is 9.69. The molecule has 0 radical (unpaired) electrons. The van der Waals surface area contributed by atoms with Crippen molar-refractivity contribution in [2.75, 3.05) is 13.1 Å². The van der Waals surface area contributed by atoms with Crippen molar-refractivity contribution in [2.45, 2.75) is 51.2 Å². The Morgan fingerprint density at radius 1 is 1.34 bits per heavy atom. The number of carbonyl (C=O) groups is 2. The molecule has 38 heavy (non-hydrogen) atoms. The predicted molar refractivity (Wildman–Crippen MR) is 129 cm³/mol. The number of amides is 1. The topological polar surface area (TPSA) is 103 Å². The zero-order chi connectivity index (χ0) is 27.7. The summed E-state index contributed by atoms with van der Waals surface area (Å²) in [6.45, 7) is 0.830. The van der Waals surface area contributed by atoms with Gasteiger partial charge in [0.2, 0.25) is 5.91 Å². The quantitative estimate of drug-likeness (QED) is 0.286. The van der Waals surface area contributed by atoms with Gasteiger partial charge in [-0.05, 0) is 24.7 Å². The summed E-state index contributed by atoms with van der Waals surface area (Å²) in [6.07, 6.45) is 3.80. The Labute approximate surface area is 215 Å². The van der Waals surface area contributed by atoms with Crippen LogP contribution in [0.15, 0.2) is 35.7 Å². The number of fused-ring (bicyclic) bond motifs is 1. The fraction of sp³-hybridized carbons (Fsp3) is 0.480. The molecule has 4 rings (SSSR count). The summed E-state index contributed by atoms with van der Waals surface area (Å²) < 4.78 is 69.1. The molecule has 0 spiro atoms. The smallest absolute Gasteiger partial charge is 0.353 e. The van der Waals surface area contributed by atoms with Gasteiger partial charge >= 0.3 is 6.18 Å². The number of imidazole rings is 1. The molecule has 3 heterocycles. The van der Waals surface area contributed by atoms with Crippen LogP contribution in [0.3, 0.4) is 0 Å². The van der Waals surface area contributed by atoms with E-state index in [-0.39, 0.29) is 28.3 Å². The summed E-state index contributed by atoms with van der Waals surface area (Å²) >= 11 is 0. The number of nitrogens with zero attached hydrogens (tertiary/aromatic N) is 4. The van der Waals surface area contributed by atoms with Gasteiger partial charge in [0.1, 0.15) is 18.1 Å². The maximum atomic E-state index is 14.1. The maximum Gasteiger partial charge on any atom is 0.407 e. The Balaban J connectivity index is 1.53. The van der Waals surface area contributed by atoms with Gasteiger partial charge in [0.05, 0.1) is 29.6 Å². The fourth-order valence-electron chi connectivity index (χ4n) is 5.15. The Morgan fingerprint density at radius 3 is 2.74 bits per heavy atom. The molecule has 3 atom stereocenters. The number of halogens is 5. The van der Waals surface area contributed by atoms with Gasteiger partial charge in [0.15, 0.2) is 11.5 Å². The molecule has 3 unspecified atom stereocenters. The van der Waals surface area contributed by atoms with E-state index in [1.807, 2.05) is 6.92 Å². The number of aromatic nitrogens is 2. The largest absolute Gasteiger partial charge is 0.407 e. The average molecular weight is 539 g/mol. The normalized spacial score (nSPS) is 24.0. The zero-order valence-electron chi connectivity index (χ0n) is 20.6. The van der Waals surface area contributed by atoms with E-state index in [2.05, 4.69) is 15.4 Å². The highest BCUT2D eigenvalue weighted by Crippen LogP contribution is 2.41. The van der Waals surface area contributed by atoms with Crippen molar-refractivity contribution < 1.29 is 31.5 Å². The second kappa shape index (κ2) is 10.6. The molecule has 1 aliphatic heterocycles. The Morgan fingerprint density at radius 2 is 2.11 bits per heavy atom. The zero-order valence-corrected chi connectivity index (χ0v) is 20.6. The summed E-state index contributed by atoms with van der Waals surface area (Å²) in [5, 5.41) is 15.3. The van der Waals surface area contributed by atoms with Crippen molar-refractivity contribution in [1.82, 2.24) is 19.7 Å². The molecular formula is C25H27F5N6O2. The Kier molecular flexibility index (Phi) is 7.65. The molecule has 0 bridgehead atoms. The van der Waals surface area contributed by atoms with Gasteiger partial charge in [-0.3, -0.25) is 19.0 Å². The van der Waals surface area contributed by atoms with Crippen molar-refractivity contribution >= 4 is 29.3 Å². The highest BCUT2D eigenvalue weighted by atomic mass is 19.4. The molecular weight excluding hydrogens is 511 g/mol. The first-order valence-electron chi connectivity index (χ1n) is 12.2. The molecule has 0 saturated heterocycles. The Bertz CT molecular complexity index is 1300. The molecule has 2 N–H and O–H groups in total. The van der Waals surface area contributed by atoms with Crippen LogP contribution in [0.5, 0.6) is 0 Å². The standard InChI is InChI=1S/C25H27F5N6O2/c1-2-24(6-5-16(37)10-24)7-8-32-21(38)4-3-19-17(11-31)22(34-36(19)14-25(28,29)30)20-12-33-23-18(27)9-15(26)13-35(20)23/h3-4,9,11-13,17,19,31H,2,5-8,10,14H2,1H3,(H,32,38)/b4-3+,31-11?. The first kappa shape index (κ1) is 27.4. The van der Waals surface area contributed by atoms with E-state index in [9.17, 15) is 31.5 Å². The number of alkyl halides is 3. The van der Waals surface area contributed by atoms with Crippen LogP contribution < -0.4 is 5.32 Å². The number of hydrogen-bond donors (Lipinski definition) is 2. The lowest BCUT2D eigenvalue weighted by Gasteiger charge is -2.26. The van der Waals surface area contributed by atoms with E-state index in [1.54, 1.807) is 0 Å². The van der Waals surface area contributed by atoms with Gasteiger partial charge in [-0.25, -0.2) is 13.8 Å². The summed E-state index contributed by atoms with van der Waals surface area (Å²) in [4.78, 5) is 28.1. The van der Waals surface area contributed by atoms with Gasteiger partial charge in [-0.1, -0.05) is 13.0 Å². The summed E-state index contributed by atoms with van der Waals surface area (Å²) in [7, 11) is 0. The van der Waals surface area contributed by atoms with E-state index in [1.165, 1.54) is 6.08 Å². The molecule has 2 aromatic heterocycles.